The lowest BCUT2D eigenvalue weighted by Gasteiger charge is -2.11. The van der Waals surface area contributed by atoms with Gasteiger partial charge in [-0.2, -0.15) is 0 Å². The van der Waals surface area contributed by atoms with Gasteiger partial charge in [-0.25, -0.2) is 4.68 Å². The first-order chi connectivity index (χ1) is 13.6. The molecular weight excluding hydrogens is 348 g/mol. The maximum Gasteiger partial charge on any atom is 0.225 e. The molecule has 0 saturated heterocycles. The zero-order valence-corrected chi connectivity index (χ0v) is 17.8. The molecule has 0 aliphatic rings. The predicted octanol–water partition coefficient (Wildman–Crippen LogP) is 5.76. The fraction of sp³-hybridized carbons (Fsp3) is 0.348. The molecule has 0 saturated carbocycles. The van der Waals surface area contributed by atoms with Crippen molar-refractivity contribution in [2.24, 2.45) is 0 Å². The fourth-order valence-electron chi connectivity index (χ4n) is 2.72. The minimum atomic E-state index is -0.0256. The molecule has 2 aromatic carbocycles. The molecule has 0 aliphatic heterocycles. The first-order valence-corrected chi connectivity index (χ1v) is 9.97. The summed E-state index contributed by atoms with van der Waals surface area (Å²) in [6.07, 6.45) is 0.364. The second kappa shape index (κ2) is 12.4. The Hall–Kier alpha value is -2.95. The van der Waals surface area contributed by atoms with Crippen LogP contribution in [0.4, 0.5) is 5.69 Å². The van der Waals surface area contributed by atoms with Crippen molar-refractivity contribution in [3.63, 3.8) is 0 Å². The predicted molar refractivity (Wildman–Crippen MR) is 117 cm³/mol. The van der Waals surface area contributed by atoms with Gasteiger partial charge in [0.05, 0.1) is 17.1 Å². The van der Waals surface area contributed by atoms with Crippen LogP contribution in [0.3, 0.4) is 0 Å². The standard InChI is InChI=1S/C19H20N4O.2C2H6/c1-14(13-18(24)20-16-9-5-3-6-10-16)19-15(2)23(22-21-19)17-11-7-4-8-12-17;2*1-2/h3-12,14H,13H2,1-2H3,(H,20,24);2*1-2H3. The van der Waals surface area contributed by atoms with Crippen LogP contribution < -0.4 is 5.32 Å². The number of carbonyl (C=O) groups excluding carboxylic acids is 1. The second-order valence-electron chi connectivity index (χ2n) is 5.83. The Morgan fingerprint density at radius 2 is 1.50 bits per heavy atom. The van der Waals surface area contributed by atoms with E-state index in [1.807, 2.05) is 102 Å². The fourth-order valence-corrected chi connectivity index (χ4v) is 2.72. The summed E-state index contributed by atoms with van der Waals surface area (Å²) in [5.41, 5.74) is 3.58. The molecule has 0 radical (unpaired) electrons. The van der Waals surface area contributed by atoms with Crippen molar-refractivity contribution in [3.05, 3.63) is 72.1 Å². The van der Waals surface area contributed by atoms with Gasteiger partial charge in [0.15, 0.2) is 0 Å². The van der Waals surface area contributed by atoms with Crippen molar-refractivity contribution in [2.75, 3.05) is 5.32 Å². The van der Waals surface area contributed by atoms with E-state index in [0.717, 1.165) is 22.8 Å². The molecule has 0 aliphatic carbocycles. The van der Waals surface area contributed by atoms with Crippen LogP contribution >= 0.6 is 0 Å². The number of benzene rings is 2. The van der Waals surface area contributed by atoms with E-state index in [1.54, 1.807) is 4.68 Å². The first-order valence-electron chi connectivity index (χ1n) is 9.97. The van der Waals surface area contributed by atoms with E-state index < -0.39 is 0 Å². The number of para-hydroxylation sites is 2. The van der Waals surface area contributed by atoms with Crippen molar-refractivity contribution in [3.8, 4) is 5.69 Å². The molecule has 28 heavy (non-hydrogen) atoms. The minimum absolute atomic E-state index is 0.00817. The average Bonchev–Trinajstić information content (AvgIpc) is 3.14. The molecule has 0 bridgehead atoms. The SMILES string of the molecule is CC.CC.Cc1c(C(C)CC(=O)Nc2ccccc2)nnn1-c1ccccc1. The maximum absolute atomic E-state index is 12.2. The molecule has 5 nitrogen and oxygen atoms in total. The summed E-state index contributed by atoms with van der Waals surface area (Å²) in [4.78, 5) is 12.2. The van der Waals surface area contributed by atoms with Crippen molar-refractivity contribution < 1.29 is 4.79 Å². The zero-order chi connectivity index (χ0) is 20.9. The van der Waals surface area contributed by atoms with Crippen molar-refractivity contribution in [2.45, 2.75) is 53.9 Å². The number of nitrogens with one attached hydrogen (secondary N) is 1. The van der Waals surface area contributed by atoms with Gasteiger partial charge >= 0.3 is 0 Å². The Labute approximate surface area is 168 Å². The van der Waals surface area contributed by atoms with Crippen LogP contribution in [0.1, 0.15) is 58.3 Å². The highest BCUT2D eigenvalue weighted by atomic mass is 16.1. The molecule has 0 fully saturated rings. The molecule has 1 aromatic heterocycles. The van der Waals surface area contributed by atoms with Gasteiger partial charge < -0.3 is 5.32 Å². The topological polar surface area (TPSA) is 59.8 Å². The Kier molecular flexibility index (Phi) is 10.3. The average molecular weight is 381 g/mol. The highest BCUT2D eigenvalue weighted by Gasteiger charge is 2.19. The number of rotatable bonds is 5. The lowest BCUT2D eigenvalue weighted by Crippen LogP contribution is -2.15. The van der Waals surface area contributed by atoms with E-state index in [2.05, 4.69) is 15.6 Å². The summed E-state index contributed by atoms with van der Waals surface area (Å²) < 4.78 is 1.81. The summed E-state index contributed by atoms with van der Waals surface area (Å²) in [6, 6.07) is 19.3. The number of anilines is 1. The quantitative estimate of drug-likeness (QED) is 0.612. The second-order valence-corrected chi connectivity index (χ2v) is 5.83. The Morgan fingerprint density at radius 1 is 0.964 bits per heavy atom. The van der Waals surface area contributed by atoms with Crippen molar-refractivity contribution in [1.29, 1.82) is 0 Å². The van der Waals surface area contributed by atoms with Crippen LogP contribution in [-0.2, 0) is 4.79 Å². The van der Waals surface area contributed by atoms with Crippen LogP contribution in [0.25, 0.3) is 5.69 Å². The van der Waals surface area contributed by atoms with Gasteiger partial charge in [-0.3, -0.25) is 4.79 Å². The summed E-state index contributed by atoms with van der Waals surface area (Å²) in [6.45, 7) is 12.0. The molecule has 1 amide bonds. The number of aromatic nitrogens is 3. The molecule has 3 rings (SSSR count). The highest BCUT2D eigenvalue weighted by Crippen LogP contribution is 2.22. The third-order valence-electron chi connectivity index (χ3n) is 3.95. The van der Waals surface area contributed by atoms with E-state index in [4.69, 9.17) is 0 Å². The largest absolute Gasteiger partial charge is 0.326 e. The van der Waals surface area contributed by atoms with Gasteiger partial charge in [0.25, 0.3) is 0 Å². The Balaban J connectivity index is 0.000000921. The van der Waals surface area contributed by atoms with Crippen molar-refractivity contribution >= 4 is 11.6 Å². The van der Waals surface area contributed by atoms with Crippen LogP contribution in [0.15, 0.2) is 60.7 Å². The van der Waals surface area contributed by atoms with Gasteiger partial charge in [0, 0.05) is 18.0 Å². The summed E-state index contributed by atoms with van der Waals surface area (Å²) in [7, 11) is 0. The number of hydrogen-bond acceptors (Lipinski definition) is 3. The smallest absolute Gasteiger partial charge is 0.225 e. The van der Waals surface area contributed by atoms with Gasteiger partial charge in [0.2, 0.25) is 5.91 Å². The summed E-state index contributed by atoms with van der Waals surface area (Å²) in [5, 5.41) is 11.4. The third-order valence-corrected chi connectivity index (χ3v) is 3.95. The Morgan fingerprint density at radius 3 is 2.07 bits per heavy atom. The number of hydrogen-bond donors (Lipinski definition) is 1. The molecule has 3 aromatic rings. The van der Waals surface area contributed by atoms with Crippen LogP contribution in [0.2, 0.25) is 0 Å². The number of carbonyl (C=O) groups is 1. The maximum atomic E-state index is 12.2. The van der Waals surface area contributed by atoms with Gasteiger partial charge in [-0.05, 0) is 31.2 Å². The molecule has 1 N–H and O–H groups in total. The summed E-state index contributed by atoms with van der Waals surface area (Å²) >= 11 is 0. The van der Waals surface area contributed by atoms with E-state index in [-0.39, 0.29) is 11.8 Å². The van der Waals surface area contributed by atoms with Gasteiger partial charge in [-0.15, -0.1) is 5.10 Å². The van der Waals surface area contributed by atoms with Crippen molar-refractivity contribution in [1.82, 2.24) is 15.0 Å². The number of nitrogens with zero attached hydrogens (tertiary/aromatic N) is 3. The lowest BCUT2D eigenvalue weighted by molar-refractivity contribution is -0.116. The van der Waals surface area contributed by atoms with Crippen LogP contribution in [0, 0.1) is 6.92 Å². The van der Waals surface area contributed by atoms with Crippen LogP contribution in [-0.4, -0.2) is 20.9 Å². The molecule has 0 spiro atoms. The molecule has 1 heterocycles. The van der Waals surface area contributed by atoms with E-state index >= 15 is 0 Å². The van der Waals surface area contributed by atoms with E-state index in [1.165, 1.54) is 0 Å². The normalized spacial score (nSPS) is 10.6. The summed E-state index contributed by atoms with van der Waals surface area (Å²) in [5.74, 6) is -0.0338. The van der Waals surface area contributed by atoms with Gasteiger partial charge in [-0.1, -0.05) is 76.2 Å². The minimum Gasteiger partial charge on any atom is -0.326 e. The molecule has 5 heteroatoms. The van der Waals surface area contributed by atoms with Crippen LogP contribution in [0.5, 0.6) is 0 Å². The highest BCUT2D eigenvalue weighted by molar-refractivity contribution is 5.91. The molecule has 150 valence electrons. The zero-order valence-electron chi connectivity index (χ0n) is 17.8. The van der Waals surface area contributed by atoms with E-state index in [9.17, 15) is 4.79 Å². The van der Waals surface area contributed by atoms with E-state index in [0.29, 0.717) is 6.42 Å². The van der Waals surface area contributed by atoms with Gasteiger partial charge in [0.1, 0.15) is 0 Å². The third kappa shape index (κ3) is 6.34. The molecular formula is C23H32N4O. The molecule has 1 atom stereocenters. The first kappa shape index (κ1) is 23.1. The molecule has 1 unspecified atom stereocenters. The monoisotopic (exact) mass is 380 g/mol. The number of amides is 1. The lowest BCUT2D eigenvalue weighted by atomic mass is 10.0. The Bertz CT molecular complexity index is 813.